The Morgan fingerprint density at radius 3 is 2.87 bits per heavy atom. The fraction of sp³-hybridized carbons (Fsp3) is 0.818. The van der Waals surface area contributed by atoms with Gasteiger partial charge >= 0.3 is 0 Å². The van der Waals surface area contributed by atoms with Gasteiger partial charge in [-0.05, 0) is 19.8 Å². The molecule has 1 aliphatic heterocycles. The van der Waals surface area contributed by atoms with Gasteiger partial charge in [-0.3, -0.25) is 9.59 Å². The monoisotopic (exact) mass is 214 g/mol. The highest BCUT2D eigenvalue weighted by Crippen LogP contribution is 2.14. The molecule has 1 fully saturated rings. The lowest BCUT2D eigenvalue weighted by Crippen LogP contribution is -2.22. The van der Waals surface area contributed by atoms with Gasteiger partial charge in [-0.15, -0.1) is 0 Å². The predicted molar refractivity (Wildman–Crippen MR) is 54.7 cm³/mol. The van der Waals surface area contributed by atoms with Crippen molar-refractivity contribution < 1.29 is 19.1 Å². The van der Waals surface area contributed by atoms with Crippen LogP contribution in [0.2, 0.25) is 0 Å². The van der Waals surface area contributed by atoms with E-state index in [1.54, 1.807) is 0 Å². The van der Waals surface area contributed by atoms with Crippen LogP contribution in [0, 0.1) is 0 Å². The summed E-state index contributed by atoms with van der Waals surface area (Å²) in [6.45, 7) is 3.53. The van der Waals surface area contributed by atoms with Gasteiger partial charge in [0.2, 0.25) is 0 Å². The molecule has 1 aliphatic rings. The van der Waals surface area contributed by atoms with Crippen molar-refractivity contribution in [2.24, 2.45) is 0 Å². The second-order valence-corrected chi connectivity index (χ2v) is 3.63. The zero-order valence-electron chi connectivity index (χ0n) is 9.16. The van der Waals surface area contributed by atoms with E-state index < -0.39 is 0 Å². The highest BCUT2D eigenvalue weighted by Gasteiger charge is 2.24. The molecule has 1 saturated heterocycles. The Hall–Kier alpha value is -0.740. The number of rotatable bonds is 7. The number of carbonyl (C=O) groups is 2. The van der Waals surface area contributed by atoms with Gasteiger partial charge < -0.3 is 9.47 Å². The first-order chi connectivity index (χ1) is 7.24. The summed E-state index contributed by atoms with van der Waals surface area (Å²) < 4.78 is 10.3. The molecule has 0 saturated carbocycles. The summed E-state index contributed by atoms with van der Waals surface area (Å²) >= 11 is 0. The van der Waals surface area contributed by atoms with Crippen LogP contribution in [0.15, 0.2) is 0 Å². The molecule has 1 heterocycles. The molecule has 0 amide bonds. The summed E-state index contributed by atoms with van der Waals surface area (Å²) in [5.41, 5.74) is 0. The van der Waals surface area contributed by atoms with Crippen molar-refractivity contribution in [3.63, 3.8) is 0 Å². The number of carbonyl (C=O) groups excluding carboxylic acids is 2. The molecule has 0 radical (unpaired) electrons. The van der Waals surface area contributed by atoms with E-state index in [4.69, 9.17) is 9.47 Å². The molecule has 0 bridgehead atoms. The van der Waals surface area contributed by atoms with E-state index in [0.717, 1.165) is 12.8 Å². The average molecular weight is 214 g/mol. The van der Waals surface area contributed by atoms with Crippen molar-refractivity contribution in [2.75, 3.05) is 19.8 Å². The number of Topliss-reactive ketones (excluding diaryl/α,β-unsaturated/α-hetero) is 2. The molecule has 4 nitrogen and oxygen atoms in total. The third-order valence-corrected chi connectivity index (χ3v) is 2.39. The molecule has 1 unspecified atom stereocenters. The Morgan fingerprint density at radius 1 is 1.47 bits per heavy atom. The van der Waals surface area contributed by atoms with Gasteiger partial charge in [-0.2, -0.15) is 0 Å². The summed E-state index contributed by atoms with van der Waals surface area (Å²) in [5.74, 6) is -0.127. The minimum absolute atomic E-state index is 0.00224. The molecule has 86 valence electrons. The molecule has 0 aromatic rings. The lowest BCUT2D eigenvalue weighted by molar-refractivity contribution is -0.133. The van der Waals surface area contributed by atoms with Gasteiger partial charge in [0, 0.05) is 19.6 Å². The maximum absolute atomic E-state index is 11.5. The first-order valence-electron chi connectivity index (χ1n) is 5.47. The van der Waals surface area contributed by atoms with Crippen LogP contribution in [0.25, 0.3) is 0 Å². The molecule has 1 atom stereocenters. The molecule has 15 heavy (non-hydrogen) atoms. The van der Waals surface area contributed by atoms with Crippen LogP contribution in [0.4, 0.5) is 0 Å². The van der Waals surface area contributed by atoms with E-state index in [2.05, 4.69) is 0 Å². The van der Waals surface area contributed by atoms with E-state index >= 15 is 0 Å². The smallest absolute Gasteiger partial charge is 0.168 e. The van der Waals surface area contributed by atoms with E-state index in [9.17, 15) is 9.59 Å². The molecule has 1 rings (SSSR count). The Kier molecular flexibility index (Phi) is 5.50. The Labute approximate surface area is 89.9 Å². The minimum Gasteiger partial charge on any atom is -0.381 e. The lowest BCUT2D eigenvalue weighted by atomic mass is 10.1. The molecular formula is C11H18O4. The largest absolute Gasteiger partial charge is 0.381 e. The molecule has 0 N–H and O–H groups in total. The van der Waals surface area contributed by atoms with Crippen LogP contribution in [0.3, 0.4) is 0 Å². The highest BCUT2D eigenvalue weighted by atomic mass is 16.5. The van der Waals surface area contributed by atoms with Crippen LogP contribution in [-0.2, 0) is 19.1 Å². The summed E-state index contributed by atoms with van der Waals surface area (Å²) in [7, 11) is 0. The average Bonchev–Trinajstić information content (AvgIpc) is 2.70. The quantitative estimate of drug-likeness (QED) is 0.470. The second kappa shape index (κ2) is 6.69. The summed E-state index contributed by atoms with van der Waals surface area (Å²) in [6.07, 6.45) is 1.67. The van der Waals surface area contributed by atoms with Gasteiger partial charge in [0.1, 0.15) is 11.9 Å². The minimum atomic E-state index is -0.332. The topological polar surface area (TPSA) is 52.6 Å². The fourth-order valence-corrected chi connectivity index (χ4v) is 1.56. The van der Waals surface area contributed by atoms with Gasteiger partial charge in [-0.1, -0.05) is 0 Å². The van der Waals surface area contributed by atoms with Crippen molar-refractivity contribution in [3.05, 3.63) is 0 Å². The maximum Gasteiger partial charge on any atom is 0.168 e. The highest BCUT2D eigenvalue weighted by molar-refractivity contribution is 6.01. The second-order valence-electron chi connectivity index (χ2n) is 3.63. The SMILES string of the molecule is CCOCCC(=O)CC(=O)C1CCCO1. The maximum atomic E-state index is 11.5. The van der Waals surface area contributed by atoms with Crippen molar-refractivity contribution in [3.8, 4) is 0 Å². The summed E-state index contributed by atoms with van der Waals surface area (Å²) in [4.78, 5) is 22.8. The molecule has 4 heteroatoms. The van der Waals surface area contributed by atoms with Crippen molar-refractivity contribution in [1.29, 1.82) is 0 Å². The third kappa shape index (κ3) is 4.53. The first kappa shape index (κ1) is 12.3. The Balaban J connectivity index is 2.16. The third-order valence-electron chi connectivity index (χ3n) is 2.39. The predicted octanol–water partition coefficient (Wildman–Crippen LogP) is 1.12. The van der Waals surface area contributed by atoms with Crippen LogP contribution in [-0.4, -0.2) is 37.5 Å². The van der Waals surface area contributed by atoms with Crippen LogP contribution >= 0.6 is 0 Å². The normalized spacial score (nSPS) is 20.5. The fourth-order valence-electron chi connectivity index (χ4n) is 1.56. The Morgan fingerprint density at radius 2 is 2.27 bits per heavy atom. The molecule has 0 spiro atoms. The number of ketones is 2. The van der Waals surface area contributed by atoms with Crippen molar-refractivity contribution in [2.45, 2.75) is 38.7 Å². The summed E-state index contributed by atoms with van der Waals surface area (Å²) in [5, 5.41) is 0. The standard InChI is InChI=1S/C11H18O4/c1-2-14-7-5-9(12)8-10(13)11-4-3-6-15-11/h11H,2-8H2,1H3. The van der Waals surface area contributed by atoms with E-state index in [-0.39, 0.29) is 24.1 Å². The first-order valence-corrected chi connectivity index (χ1v) is 5.47. The molecule has 0 aliphatic carbocycles. The number of hydrogen-bond acceptors (Lipinski definition) is 4. The van der Waals surface area contributed by atoms with E-state index in [1.807, 2.05) is 6.92 Å². The zero-order valence-corrected chi connectivity index (χ0v) is 9.16. The van der Waals surface area contributed by atoms with Gasteiger partial charge in [0.05, 0.1) is 13.0 Å². The number of ether oxygens (including phenoxy) is 2. The molecule has 0 aromatic heterocycles. The van der Waals surface area contributed by atoms with Crippen molar-refractivity contribution >= 4 is 11.6 Å². The number of hydrogen-bond donors (Lipinski definition) is 0. The molecule has 0 aromatic carbocycles. The van der Waals surface area contributed by atoms with Gasteiger partial charge in [0.15, 0.2) is 5.78 Å². The van der Waals surface area contributed by atoms with Gasteiger partial charge in [-0.25, -0.2) is 0 Å². The van der Waals surface area contributed by atoms with Gasteiger partial charge in [0.25, 0.3) is 0 Å². The molecular weight excluding hydrogens is 196 g/mol. The van der Waals surface area contributed by atoms with E-state index in [1.165, 1.54) is 0 Å². The van der Waals surface area contributed by atoms with Crippen LogP contribution in [0.5, 0.6) is 0 Å². The summed E-state index contributed by atoms with van der Waals surface area (Å²) in [6, 6.07) is 0. The van der Waals surface area contributed by atoms with Crippen molar-refractivity contribution in [1.82, 2.24) is 0 Å². The lowest BCUT2D eigenvalue weighted by Gasteiger charge is -2.07. The van der Waals surface area contributed by atoms with Crippen LogP contribution in [0.1, 0.15) is 32.6 Å². The zero-order chi connectivity index (χ0) is 11.1. The Bertz CT molecular complexity index is 219. The van der Waals surface area contributed by atoms with Crippen LogP contribution < -0.4 is 0 Å². The van der Waals surface area contributed by atoms with E-state index in [0.29, 0.717) is 26.2 Å².